The molecule has 1 fully saturated rings. The lowest BCUT2D eigenvalue weighted by molar-refractivity contribution is -0.119. The second kappa shape index (κ2) is 7.58. The van der Waals surface area contributed by atoms with E-state index < -0.39 is 0 Å². The third-order valence-electron chi connectivity index (χ3n) is 3.87. The number of carbonyl (C=O) groups excluding carboxylic acids is 1. The molecule has 1 saturated carbocycles. The largest absolute Gasteiger partial charge is 0.497 e. The van der Waals surface area contributed by atoms with Crippen molar-refractivity contribution < 1.29 is 9.53 Å². The molecule has 0 aromatic heterocycles. The lowest BCUT2D eigenvalue weighted by atomic mass is 9.86. The number of hydrogen-bond donors (Lipinski definition) is 1. The Kier molecular flexibility index (Phi) is 5.77. The summed E-state index contributed by atoms with van der Waals surface area (Å²) < 4.78 is 5.18. The molecular weight excluding hydrogens is 270 g/mol. The van der Waals surface area contributed by atoms with Gasteiger partial charge in [-0.25, -0.2) is 0 Å². The van der Waals surface area contributed by atoms with Gasteiger partial charge in [-0.2, -0.15) is 0 Å². The summed E-state index contributed by atoms with van der Waals surface area (Å²) in [5.74, 6) is 2.04. The number of rotatable bonds is 5. The predicted octanol–water partition coefficient (Wildman–Crippen LogP) is 3.48. The zero-order chi connectivity index (χ0) is 14.4. The van der Waals surface area contributed by atoms with Crippen molar-refractivity contribution in [2.75, 3.05) is 12.9 Å². The van der Waals surface area contributed by atoms with E-state index >= 15 is 0 Å². The fourth-order valence-corrected chi connectivity index (χ4v) is 3.37. The molecule has 20 heavy (non-hydrogen) atoms. The molecule has 0 heterocycles. The Morgan fingerprint density at radius 3 is 2.95 bits per heavy atom. The van der Waals surface area contributed by atoms with Gasteiger partial charge in [-0.05, 0) is 37.0 Å². The van der Waals surface area contributed by atoms with Crippen LogP contribution in [0.2, 0.25) is 0 Å². The Labute approximate surface area is 125 Å². The molecule has 1 amide bonds. The first-order chi connectivity index (χ1) is 9.69. The lowest BCUT2D eigenvalue weighted by Crippen LogP contribution is -2.41. The maximum atomic E-state index is 12.0. The highest BCUT2D eigenvalue weighted by molar-refractivity contribution is 8.00. The molecule has 0 bridgehead atoms. The Bertz CT molecular complexity index is 450. The van der Waals surface area contributed by atoms with E-state index in [2.05, 4.69) is 12.2 Å². The van der Waals surface area contributed by atoms with Crippen LogP contribution in [0.4, 0.5) is 0 Å². The van der Waals surface area contributed by atoms with Gasteiger partial charge in [0.2, 0.25) is 5.91 Å². The molecule has 1 aliphatic carbocycles. The Balaban J connectivity index is 1.79. The average Bonchev–Trinajstić information content (AvgIpc) is 2.48. The second-order valence-corrected chi connectivity index (χ2v) is 6.45. The van der Waals surface area contributed by atoms with Crippen LogP contribution in [0.15, 0.2) is 29.2 Å². The molecule has 1 N–H and O–H groups in total. The van der Waals surface area contributed by atoms with E-state index in [0.717, 1.165) is 17.1 Å². The molecule has 0 aliphatic heterocycles. The molecule has 0 saturated heterocycles. The van der Waals surface area contributed by atoms with Crippen LogP contribution in [-0.2, 0) is 4.79 Å². The van der Waals surface area contributed by atoms with E-state index in [-0.39, 0.29) is 5.91 Å². The highest BCUT2D eigenvalue weighted by Crippen LogP contribution is 2.25. The molecule has 2 rings (SSSR count). The number of ether oxygens (including phenoxy) is 1. The van der Waals surface area contributed by atoms with Crippen LogP contribution in [0.3, 0.4) is 0 Å². The lowest BCUT2D eigenvalue weighted by Gasteiger charge is -2.29. The Morgan fingerprint density at radius 2 is 2.20 bits per heavy atom. The predicted molar refractivity (Wildman–Crippen MR) is 83.3 cm³/mol. The minimum atomic E-state index is 0.136. The number of methoxy groups -OCH3 is 1. The van der Waals surface area contributed by atoms with Crippen molar-refractivity contribution in [2.45, 2.75) is 43.5 Å². The van der Waals surface area contributed by atoms with Gasteiger partial charge in [-0.1, -0.05) is 25.8 Å². The van der Waals surface area contributed by atoms with Crippen LogP contribution < -0.4 is 10.1 Å². The minimum Gasteiger partial charge on any atom is -0.497 e. The quantitative estimate of drug-likeness (QED) is 0.845. The summed E-state index contributed by atoms with van der Waals surface area (Å²) in [6.07, 6.45) is 4.88. The van der Waals surface area contributed by atoms with Crippen LogP contribution >= 0.6 is 11.8 Å². The van der Waals surface area contributed by atoms with E-state index in [0.29, 0.717) is 17.7 Å². The summed E-state index contributed by atoms with van der Waals surface area (Å²) in [7, 11) is 1.65. The van der Waals surface area contributed by atoms with Crippen LogP contribution in [0.1, 0.15) is 32.6 Å². The van der Waals surface area contributed by atoms with Gasteiger partial charge in [-0.15, -0.1) is 11.8 Å². The Morgan fingerprint density at radius 1 is 1.40 bits per heavy atom. The molecule has 110 valence electrons. The second-order valence-electron chi connectivity index (χ2n) is 5.40. The van der Waals surface area contributed by atoms with Gasteiger partial charge >= 0.3 is 0 Å². The third kappa shape index (κ3) is 4.44. The molecule has 1 aliphatic rings. The van der Waals surface area contributed by atoms with Gasteiger partial charge in [0.25, 0.3) is 0 Å². The molecule has 1 aromatic carbocycles. The van der Waals surface area contributed by atoms with Crippen molar-refractivity contribution in [3.8, 4) is 5.75 Å². The third-order valence-corrected chi connectivity index (χ3v) is 4.86. The highest BCUT2D eigenvalue weighted by Gasteiger charge is 2.22. The van der Waals surface area contributed by atoms with Crippen molar-refractivity contribution in [3.63, 3.8) is 0 Å². The molecule has 2 atom stereocenters. The standard InChI is InChI=1S/C16H23NO2S/c1-12-6-3-4-9-15(12)17-16(18)11-20-14-8-5-7-13(10-14)19-2/h5,7-8,10,12,15H,3-4,6,9,11H2,1-2H3,(H,17,18). The van der Waals surface area contributed by atoms with Gasteiger partial charge in [0.05, 0.1) is 12.9 Å². The van der Waals surface area contributed by atoms with Crippen molar-refractivity contribution in [2.24, 2.45) is 5.92 Å². The fourth-order valence-electron chi connectivity index (χ4n) is 2.62. The summed E-state index contributed by atoms with van der Waals surface area (Å²) in [6.45, 7) is 2.24. The number of carbonyl (C=O) groups is 1. The van der Waals surface area contributed by atoms with Crippen molar-refractivity contribution in [1.29, 1.82) is 0 Å². The monoisotopic (exact) mass is 293 g/mol. The molecule has 4 heteroatoms. The van der Waals surface area contributed by atoms with Crippen molar-refractivity contribution in [3.05, 3.63) is 24.3 Å². The summed E-state index contributed by atoms with van der Waals surface area (Å²) >= 11 is 1.56. The molecule has 3 nitrogen and oxygen atoms in total. The minimum absolute atomic E-state index is 0.136. The van der Waals surface area contributed by atoms with E-state index in [1.807, 2.05) is 24.3 Å². The molecule has 0 radical (unpaired) electrons. The summed E-state index contributed by atoms with van der Waals surface area (Å²) in [6, 6.07) is 8.18. The first-order valence-corrected chi connectivity index (χ1v) is 8.24. The number of nitrogens with one attached hydrogen (secondary N) is 1. The highest BCUT2D eigenvalue weighted by atomic mass is 32.2. The molecule has 0 spiro atoms. The van der Waals surface area contributed by atoms with E-state index in [9.17, 15) is 4.79 Å². The zero-order valence-electron chi connectivity index (χ0n) is 12.2. The first-order valence-electron chi connectivity index (χ1n) is 7.25. The normalized spacial score (nSPS) is 22.3. The number of amides is 1. The van der Waals surface area contributed by atoms with Gasteiger partial charge < -0.3 is 10.1 Å². The smallest absolute Gasteiger partial charge is 0.230 e. The van der Waals surface area contributed by atoms with Gasteiger partial charge in [0.15, 0.2) is 0 Å². The Hall–Kier alpha value is -1.16. The van der Waals surface area contributed by atoms with E-state index in [1.165, 1.54) is 19.3 Å². The maximum Gasteiger partial charge on any atom is 0.230 e. The number of benzene rings is 1. The van der Waals surface area contributed by atoms with Gasteiger partial charge in [0.1, 0.15) is 5.75 Å². The summed E-state index contributed by atoms with van der Waals surface area (Å²) in [5, 5.41) is 3.18. The summed E-state index contributed by atoms with van der Waals surface area (Å²) in [4.78, 5) is 13.1. The van der Waals surface area contributed by atoms with Crippen molar-refractivity contribution >= 4 is 17.7 Å². The van der Waals surface area contributed by atoms with E-state index in [1.54, 1.807) is 18.9 Å². The van der Waals surface area contributed by atoms with Crippen LogP contribution in [0.5, 0.6) is 5.75 Å². The number of hydrogen-bond acceptors (Lipinski definition) is 3. The first kappa shape index (κ1) is 15.2. The SMILES string of the molecule is COc1cccc(SCC(=O)NC2CCCCC2C)c1. The summed E-state index contributed by atoms with van der Waals surface area (Å²) in [5.41, 5.74) is 0. The van der Waals surface area contributed by atoms with Crippen molar-refractivity contribution in [1.82, 2.24) is 5.32 Å². The number of thioether (sulfide) groups is 1. The van der Waals surface area contributed by atoms with Crippen LogP contribution in [0.25, 0.3) is 0 Å². The average molecular weight is 293 g/mol. The maximum absolute atomic E-state index is 12.0. The topological polar surface area (TPSA) is 38.3 Å². The fraction of sp³-hybridized carbons (Fsp3) is 0.562. The van der Waals surface area contributed by atoms with E-state index in [4.69, 9.17) is 4.74 Å². The van der Waals surface area contributed by atoms with Crippen LogP contribution in [-0.4, -0.2) is 24.8 Å². The molecule has 1 aromatic rings. The zero-order valence-corrected chi connectivity index (χ0v) is 13.0. The molecular formula is C16H23NO2S. The molecule has 2 unspecified atom stereocenters. The van der Waals surface area contributed by atoms with Crippen LogP contribution in [0, 0.1) is 5.92 Å². The van der Waals surface area contributed by atoms with Gasteiger partial charge in [0, 0.05) is 10.9 Å². The van der Waals surface area contributed by atoms with Gasteiger partial charge in [-0.3, -0.25) is 4.79 Å².